The number of nitro benzene ring substituents is 1. The molecule has 0 radical (unpaired) electrons. The highest BCUT2D eigenvalue weighted by Gasteiger charge is 2.35. The second-order valence-electron chi connectivity index (χ2n) is 7.53. The molecule has 1 aliphatic rings. The highest BCUT2D eigenvalue weighted by atomic mass is 35.5. The number of nitriles is 1. The van der Waals surface area contributed by atoms with Crippen LogP contribution in [0.15, 0.2) is 83.1 Å². The summed E-state index contributed by atoms with van der Waals surface area (Å²) in [4.78, 5) is 35.7. The van der Waals surface area contributed by atoms with Crippen molar-refractivity contribution in [3.8, 4) is 6.07 Å². The molecule has 0 aliphatic carbocycles. The molecule has 1 heterocycles. The molecular formula is C25H21ClN4O5S. The van der Waals surface area contributed by atoms with Crippen molar-refractivity contribution in [2.45, 2.75) is 12.8 Å². The number of nitrogens with one attached hydrogen (secondary N) is 2. The summed E-state index contributed by atoms with van der Waals surface area (Å²) < 4.78 is 5.27. The van der Waals surface area contributed by atoms with Crippen molar-refractivity contribution in [3.05, 3.63) is 104 Å². The number of allylic oxidation sites excluding steroid dienone is 2. The summed E-state index contributed by atoms with van der Waals surface area (Å²) in [5.41, 5.74) is 1.99. The van der Waals surface area contributed by atoms with Gasteiger partial charge in [-0.1, -0.05) is 48.2 Å². The predicted octanol–water partition coefficient (Wildman–Crippen LogP) is 5.05. The van der Waals surface area contributed by atoms with Crippen LogP contribution in [0, 0.1) is 21.4 Å². The van der Waals surface area contributed by atoms with Gasteiger partial charge in [0.2, 0.25) is 5.91 Å². The molecule has 1 aliphatic heterocycles. The third-order valence-corrected chi connectivity index (χ3v) is 6.38. The van der Waals surface area contributed by atoms with Crippen LogP contribution in [0.25, 0.3) is 0 Å². The average Bonchev–Trinajstić information content (AvgIpc) is 2.86. The second-order valence-corrected chi connectivity index (χ2v) is 8.95. The van der Waals surface area contributed by atoms with Gasteiger partial charge in [-0.25, -0.2) is 4.79 Å². The van der Waals surface area contributed by atoms with Crippen LogP contribution in [0.5, 0.6) is 0 Å². The molecule has 0 saturated carbocycles. The molecule has 36 heavy (non-hydrogen) atoms. The minimum Gasteiger partial charge on any atom is -0.458 e. The SMILES string of the molecule is C=CCOC(=O)C1=C(C)NC(SCC(=O)Nc2ccc([N+](=O)[O-])cc2)=C(C#N)[C@H]1c1ccc(Cl)cc1. The number of anilines is 1. The maximum Gasteiger partial charge on any atom is 0.337 e. The van der Waals surface area contributed by atoms with Crippen LogP contribution < -0.4 is 10.6 Å². The van der Waals surface area contributed by atoms with Gasteiger partial charge in [-0.3, -0.25) is 14.9 Å². The van der Waals surface area contributed by atoms with Crippen molar-refractivity contribution >= 4 is 46.6 Å². The number of halogens is 1. The smallest absolute Gasteiger partial charge is 0.337 e. The summed E-state index contributed by atoms with van der Waals surface area (Å²) in [7, 11) is 0. The van der Waals surface area contributed by atoms with E-state index in [2.05, 4.69) is 23.3 Å². The largest absolute Gasteiger partial charge is 0.458 e. The molecular weight excluding hydrogens is 504 g/mol. The zero-order chi connectivity index (χ0) is 26.2. The van der Waals surface area contributed by atoms with Crippen molar-refractivity contribution in [3.63, 3.8) is 0 Å². The number of hydrogen-bond acceptors (Lipinski definition) is 8. The number of carbonyl (C=O) groups excluding carboxylic acids is 2. The summed E-state index contributed by atoms with van der Waals surface area (Å²) >= 11 is 7.13. The highest BCUT2D eigenvalue weighted by molar-refractivity contribution is 8.03. The van der Waals surface area contributed by atoms with E-state index in [-0.39, 0.29) is 35.1 Å². The fraction of sp³-hybridized carbons (Fsp3) is 0.160. The van der Waals surface area contributed by atoms with E-state index in [4.69, 9.17) is 16.3 Å². The van der Waals surface area contributed by atoms with E-state index in [0.29, 0.717) is 27.0 Å². The molecule has 2 aromatic carbocycles. The molecule has 0 spiro atoms. The van der Waals surface area contributed by atoms with Gasteiger partial charge in [0.25, 0.3) is 5.69 Å². The first-order chi connectivity index (χ1) is 17.2. The molecule has 2 N–H and O–H groups in total. The van der Waals surface area contributed by atoms with Gasteiger partial charge in [0.05, 0.1) is 38.8 Å². The molecule has 0 fully saturated rings. The van der Waals surface area contributed by atoms with Crippen LogP contribution in [0.4, 0.5) is 11.4 Å². The highest BCUT2D eigenvalue weighted by Crippen LogP contribution is 2.41. The normalized spacial score (nSPS) is 15.0. The standard InChI is InChI=1S/C25H21ClN4O5S/c1-3-12-35-25(32)22-15(2)28-24(20(13-27)23(22)16-4-6-17(26)7-5-16)36-14-21(31)29-18-8-10-19(11-9-18)30(33)34/h3-11,23,28H,1,12,14H2,2H3,(H,29,31)/t23-/m1/s1. The molecule has 1 amide bonds. The molecule has 0 aromatic heterocycles. The van der Waals surface area contributed by atoms with Gasteiger partial charge >= 0.3 is 5.97 Å². The van der Waals surface area contributed by atoms with Gasteiger partial charge in [0.15, 0.2) is 0 Å². The van der Waals surface area contributed by atoms with E-state index in [0.717, 1.165) is 11.8 Å². The number of nitrogens with zero attached hydrogens (tertiary/aromatic N) is 2. The average molecular weight is 525 g/mol. The quantitative estimate of drug-likeness (QED) is 0.201. The first-order valence-corrected chi connectivity index (χ1v) is 11.9. The van der Waals surface area contributed by atoms with Crippen molar-refractivity contribution in [1.82, 2.24) is 5.32 Å². The lowest BCUT2D eigenvalue weighted by atomic mass is 9.82. The lowest BCUT2D eigenvalue weighted by Gasteiger charge is -2.29. The molecule has 0 unspecified atom stereocenters. The lowest BCUT2D eigenvalue weighted by molar-refractivity contribution is -0.384. The van der Waals surface area contributed by atoms with Gasteiger partial charge in [-0.05, 0) is 36.8 Å². The van der Waals surface area contributed by atoms with Gasteiger partial charge < -0.3 is 15.4 Å². The number of dihydropyridines is 1. The van der Waals surface area contributed by atoms with Crippen molar-refractivity contribution in [1.29, 1.82) is 5.26 Å². The molecule has 2 aromatic rings. The number of amides is 1. The Morgan fingerprint density at radius 3 is 2.53 bits per heavy atom. The number of rotatable bonds is 9. The molecule has 0 bridgehead atoms. The molecule has 11 heteroatoms. The van der Waals surface area contributed by atoms with E-state index in [1.54, 1.807) is 31.2 Å². The third kappa shape index (κ3) is 6.33. The van der Waals surface area contributed by atoms with E-state index in [1.807, 2.05) is 0 Å². The summed E-state index contributed by atoms with van der Waals surface area (Å²) in [6.45, 7) is 5.26. The summed E-state index contributed by atoms with van der Waals surface area (Å²) in [6, 6.07) is 14.4. The first-order valence-electron chi connectivity index (χ1n) is 10.6. The number of non-ortho nitro benzene ring substituents is 1. The van der Waals surface area contributed by atoms with Gasteiger partial charge in [-0.2, -0.15) is 5.26 Å². The Morgan fingerprint density at radius 1 is 1.28 bits per heavy atom. The Balaban J connectivity index is 1.85. The number of thioether (sulfide) groups is 1. The molecule has 0 saturated heterocycles. The Labute approximate surface area is 216 Å². The van der Waals surface area contributed by atoms with Crippen LogP contribution >= 0.6 is 23.4 Å². The minimum absolute atomic E-state index is 0.0129. The van der Waals surface area contributed by atoms with Crippen LogP contribution in [0.3, 0.4) is 0 Å². The van der Waals surface area contributed by atoms with Gasteiger partial charge in [-0.15, -0.1) is 0 Å². The minimum atomic E-state index is -0.730. The number of hydrogen-bond donors (Lipinski definition) is 2. The zero-order valence-electron chi connectivity index (χ0n) is 19.1. The van der Waals surface area contributed by atoms with Gasteiger partial charge in [0.1, 0.15) is 6.61 Å². The maximum absolute atomic E-state index is 12.9. The van der Waals surface area contributed by atoms with E-state index >= 15 is 0 Å². The number of carbonyl (C=O) groups is 2. The van der Waals surface area contributed by atoms with E-state index in [9.17, 15) is 25.0 Å². The topological polar surface area (TPSA) is 134 Å². The number of ether oxygens (including phenoxy) is 1. The Morgan fingerprint density at radius 2 is 1.94 bits per heavy atom. The molecule has 1 atom stereocenters. The van der Waals surface area contributed by atoms with Gasteiger partial charge in [0, 0.05) is 28.5 Å². The van der Waals surface area contributed by atoms with Crippen molar-refractivity contribution in [2.75, 3.05) is 17.7 Å². The zero-order valence-corrected chi connectivity index (χ0v) is 20.7. The Kier molecular flexibility index (Phi) is 8.89. The van der Waals surface area contributed by atoms with Crippen molar-refractivity contribution in [2.24, 2.45) is 0 Å². The summed E-state index contributed by atoms with van der Waals surface area (Å²) in [5.74, 6) is -1.75. The fourth-order valence-electron chi connectivity index (χ4n) is 3.50. The number of esters is 1. The number of benzene rings is 2. The van der Waals surface area contributed by atoms with Crippen LogP contribution in [0.2, 0.25) is 5.02 Å². The van der Waals surface area contributed by atoms with E-state index in [1.165, 1.54) is 30.3 Å². The Hall–Kier alpha value is -4.07. The van der Waals surface area contributed by atoms with E-state index < -0.39 is 16.8 Å². The summed E-state index contributed by atoms with van der Waals surface area (Å²) in [5, 5.41) is 27.5. The first kappa shape index (κ1) is 26.5. The molecule has 184 valence electrons. The van der Waals surface area contributed by atoms with Crippen LogP contribution in [-0.4, -0.2) is 29.2 Å². The number of nitro groups is 1. The van der Waals surface area contributed by atoms with Crippen LogP contribution in [-0.2, 0) is 14.3 Å². The van der Waals surface area contributed by atoms with Crippen molar-refractivity contribution < 1.29 is 19.2 Å². The monoisotopic (exact) mass is 524 g/mol. The predicted molar refractivity (Wildman–Crippen MR) is 138 cm³/mol. The third-order valence-electron chi connectivity index (χ3n) is 5.11. The fourth-order valence-corrected chi connectivity index (χ4v) is 4.52. The molecule has 9 nitrogen and oxygen atoms in total. The molecule has 3 rings (SSSR count). The Bertz CT molecular complexity index is 1300. The van der Waals surface area contributed by atoms with Crippen LogP contribution in [0.1, 0.15) is 18.4 Å². The maximum atomic E-state index is 12.9. The summed E-state index contributed by atoms with van der Waals surface area (Å²) in [6.07, 6.45) is 1.45. The second kappa shape index (κ2) is 12.1. The lowest BCUT2D eigenvalue weighted by Crippen LogP contribution is -2.29.